The number of carboxylic acid groups (broad SMARTS) is 1. The predicted molar refractivity (Wildman–Crippen MR) is 82.5 cm³/mol. The maximum Gasteiger partial charge on any atom is 0.323 e. The number of carboxylic acids is 1. The van der Waals surface area contributed by atoms with Crippen LogP contribution in [0.5, 0.6) is 0 Å². The molecule has 5 rings (SSSR count). The van der Waals surface area contributed by atoms with E-state index in [-0.39, 0.29) is 11.8 Å². The Balaban J connectivity index is 1.63. The van der Waals surface area contributed by atoms with E-state index in [9.17, 15) is 15.0 Å². The third kappa shape index (κ3) is 2.13. The monoisotopic (exact) mass is 308 g/mol. The number of carbonyl (C=O) groups is 1. The Labute approximate surface area is 132 Å². The van der Waals surface area contributed by atoms with Crippen molar-refractivity contribution >= 4 is 5.97 Å². The van der Waals surface area contributed by atoms with E-state index in [1.165, 1.54) is 6.42 Å². The Bertz CT molecular complexity index is 431. The molecule has 1 atom stereocenters. The molecule has 0 amide bonds. The molecule has 4 bridgehead atoms. The lowest BCUT2D eigenvalue weighted by molar-refractivity contribution is -0.216. The molecule has 0 radical (unpaired) electrons. The summed E-state index contributed by atoms with van der Waals surface area (Å²) in [6.45, 7) is 3.28. The highest BCUT2D eigenvalue weighted by molar-refractivity contribution is 5.75. The second kappa shape index (κ2) is 5.18. The van der Waals surface area contributed by atoms with Gasteiger partial charge in [0.15, 0.2) is 0 Å². The van der Waals surface area contributed by atoms with Crippen LogP contribution in [0.2, 0.25) is 0 Å². The molecule has 4 aliphatic carbocycles. The molecular weight excluding hydrogens is 280 g/mol. The van der Waals surface area contributed by atoms with Gasteiger partial charge in [-0.15, -0.1) is 0 Å². The van der Waals surface area contributed by atoms with Crippen molar-refractivity contribution in [3.05, 3.63) is 0 Å². The first-order valence-electron chi connectivity index (χ1n) is 8.86. The zero-order chi connectivity index (χ0) is 15.5. The first-order valence-corrected chi connectivity index (χ1v) is 8.86. The van der Waals surface area contributed by atoms with E-state index >= 15 is 0 Å². The third-order valence-corrected chi connectivity index (χ3v) is 7.02. The second-order valence-electron chi connectivity index (χ2n) is 8.27. The molecule has 2 N–H and O–H groups in total. The third-order valence-electron chi connectivity index (χ3n) is 7.02. The fraction of sp³-hybridized carbons (Fsp3) is 0.941. The minimum atomic E-state index is -1.00. The van der Waals surface area contributed by atoms with Gasteiger partial charge in [-0.3, -0.25) is 9.69 Å². The molecule has 22 heavy (non-hydrogen) atoms. The highest BCUT2D eigenvalue weighted by Gasteiger charge is 2.62. The molecule has 0 spiro atoms. The Hall–Kier alpha value is -0.650. The summed E-state index contributed by atoms with van der Waals surface area (Å²) in [5, 5.41) is 21.5. The van der Waals surface area contributed by atoms with Crippen molar-refractivity contribution in [3.63, 3.8) is 0 Å². The molecule has 1 saturated heterocycles. The van der Waals surface area contributed by atoms with E-state index in [2.05, 4.69) is 11.9 Å². The molecule has 0 aromatic rings. The van der Waals surface area contributed by atoms with Crippen LogP contribution < -0.4 is 0 Å². The Morgan fingerprint density at radius 3 is 1.95 bits per heavy atom. The molecule has 0 aromatic carbocycles. The van der Waals surface area contributed by atoms with Crippen LogP contribution in [0.1, 0.15) is 32.1 Å². The number of piperazine rings is 1. The highest BCUT2D eigenvalue weighted by atomic mass is 16.4. The van der Waals surface area contributed by atoms with E-state index in [0.29, 0.717) is 0 Å². The summed E-state index contributed by atoms with van der Waals surface area (Å²) in [5.41, 5.74) is -1.00. The van der Waals surface area contributed by atoms with Crippen molar-refractivity contribution in [1.29, 1.82) is 0 Å². The van der Waals surface area contributed by atoms with Gasteiger partial charge in [0.2, 0.25) is 0 Å². The number of hydrogen-bond donors (Lipinski definition) is 2. The molecule has 4 saturated carbocycles. The number of hydrogen-bond acceptors (Lipinski definition) is 4. The summed E-state index contributed by atoms with van der Waals surface area (Å²) in [6, 6.07) is -0.712. The maximum atomic E-state index is 12.1. The van der Waals surface area contributed by atoms with Crippen molar-refractivity contribution in [3.8, 4) is 0 Å². The van der Waals surface area contributed by atoms with Gasteiger partial charge in [0.25, 0.3) is 0 Å². The normalized spacial score (nSPS) is 46.8. The number of likely N-dealkylation sites (N-methyl/N-ethyl adjacent to an activating group) is 1. The van der Waals surface area contributed by atoms with Gasteiger partial charge in [-0.1, -0.05) is 0 Å². The zero-order valence-electron chi connectivity index (χ0n) is 13.4. The first-order chi connectivity index (χ1) is 10.5. The Morgan fingerprint density at radius 2 is 1.50 bits per heavy atom. The Morgan fingerprint density at radius 1 is 1.00 bits per heavy atom. The van der Waals surface area contributed by atoms with Crippen LogP contribution >= 0.6 is 0 Å². The smallest absolute Gasteiger partial charge is 0.323 e. The standard InChI is InChI=1S/C17H28N2O3/c1-18-2-4-19(5-3-18)15(16(20)21)17(22)13-7-11-6-12(9-13)10-14(17)8-11/h11-15,22H,2-10H2,1H3,(H,20,21). The minimum Gasteiger partial charge on any atom is -0.480 e. The fourth-order valence-electron chi connectivity index (χ4n) is 6.11. The van der Waals surface area contributed by atoms with E-state index in [1.807, 2.05) is 4.90 Å². The lowest BCUT2D eigenvalue weighted by Gasteiger charge is -2.61. The van der Waals surface area contributed by atoms with Crippen LogP contribution in [-0.2, 0) is 4.79 Å². The summed E-state index contributed by atoms with van der Waals surface area (Å²) in [4.78, 5) is 16.4. The van der Waals surface area contributed by atoms with Gasteiger partial charge in [-0.05, 0) is 62.8 Å². The van der Waals surface area contributed by atoms with Crippen LogP contribution in [0, 0.1) is 23.7 Å². The molecule has 1 unspecified atom stereocenters. The lowest BCUT2D eigenvalue weighted by Crippen LogP contribution is -2.70. The summed E-state index contributed by atoms with van der Waals surface area (Å²) < 4.78 is 0. The van der Waals surface area contributed by atoms with Crippen molar-refractivity contribution in [2.75, 3.05) is 33.2 Å². The molecule has 1 aliphatic heterocycles. The molecule has 5 heteroatoms. The molecule has 124 valence electrons. The van der Waals surface area contributed by atoms with Crippen LogP contribution in [0.25, 0.3) is 0 Å². The average Bonchev–Trinajstić information content (AvgIpc) is 2.46. The van der Waals surface area contributed by atoms with Gasteiger partial charge in [0.1, 0.15) is 6.04 Å². The summed E-state index contributed by atoms with van der Waals surface area (Å²) >= 11 is 0. The van der Waals surface area contributed by atoms with Crippen molar-refractivity contribution in [2.24, 2.45) is 23.7 Å². The molecule has 5 nitrogen and oxygen atoms in total. The summed E-state index contributed by atoms with van der Waals surface area (Å²) in [7, 11) is 2.07. The van der Waals surface area contributed by atoms with Crippen molar-refractivity contribution in [2.45, 2.75) is 43.7 Å². The summed E-state index contributed by atoms with van der Waals surface area (Å²) in [5.74, 6) is 1.06. The fourth-order valence-corrected chi connectivity index (χ4v) is 6.11. The van der Waals surface area contributed by atoms with Crippen molar-refractivity contribution in [1.82, 2.24) is 9.80 Å². The average molecular weight is 308 g/mol. The topological polar surface area (TPSA) is 64.0 Å². The minimum absolute atomic E-state index is 0.199. The lowest BCUT2D eigenvalue weighted by atomic mass is 9.48. The van der Waals surface area contributed by atoms with E-state index in [0.717, 1.165) is 63.7 Å². The number of rotatable bonds is 3. The van der Waals surface area contributed by atoms with Crippen molar-refractivity contribution < 1.29 is 15.0 Å². The molecular formula is C17H28N2O3. The van der Waals surface area contributed by atoms with E-state index < -0.39 is 17.6 Å². The highest BCUT2D eigenvalue weighted by Crippen LogP contribution is 2.59. The van der Waals surface area contributed by atoms with Gasteiger partial charge in [-0.2, -0.15) is 0 Å². The predicted octanol–water partition coefficient (Wildman–Crippen LogP) is 0.874. The maximum absolute atomic E-state index is 12.1. The van der Waals surface area contributed by atoms with Crippen LogP contribution in [-0.4, -0.2) is 70.9 Å². The Kier molecular flexibility index (Phi) is 3.51. The molecule has 5 fully saturated rings. The number of aliphatic carboxylic acids is 1. The first kappa shape index (κ1) is 14.9. The van der Waals surface area contributed by atoms with E-state index in [1.54, 1.807) is 0 Å². The quantitative estimate of drug-likeness (QED) is 0.810. The summed E-state index contributed by atoms with van der Waals surface area (Å²) in [6.07, 6.45) is 5.49. The van der Waals surface area contributed by atoms with Crippen LogP contribution in [0.4, 0.5) is 0 Å². The van der Waals surface area contributed by atoms with E-state index in [4.69, 9.17) is 0 Å². The van der Waals surface area contributed by atoms with Crippen LogP contribution in [0.3, 0.4) is 0 Å². The van der Waals surface area contributed by atoms with Gasteiger partial charge in [-0.25, -0.2) is 0 Å². The molecule has 0 aromatic heterocycles. The molecule has 5 aliphatic rings. The van der Waals surface area contributed by atoms with Gasteiger partial charge >= 0.3 is 5.97 Å². The van der Waals surface area contributed by atoms with Gasteiger partial charge < -0.3 is 15.1 Å². The number of aliphatic hydroxyl groups is 1. The van der Waals surface area contributed by atoms with Crippen LogP contribution in [0.15, 0.2) is 0 Å². The second-order valence-corrected chi connectivity index (χ2v) is 8.27. The molecule has 1 heterocycles. The SMILES string of the molecule is CN1CCN(C(C(=O)O)C2(O)C3CC4CC(C3)CC2C4)CC1. The number of nitrogens with zero attached hydrogens (tertiary/aromatic N) is 2. The van der Waals surface area contributed by atoms with Gasteiger partial charge in [0.05, 0.1) is 5.60 Å². The largest absolute Gasteiger partial charge is 0.480 e. The zero-order valence-corrected chi connectivity index (χ0v) is 13.4. The van der Waals surface area contributed by atoms with Gasteiger partial charge in [0, 0.05) is 26.2 Å².